The molecule has 1 heterocycles. The lowest BCUT2D eigenvalue weighted by molar-refractivity contribution is -0.274. The molecule has 2 rings (SSSR count). The van der Waals surface area contributed by atoms with Gasteiger partial charge in [-0.1, -0.05) is 23.5 Å². The molecular formula is C18H20F4N6O3S. The summed E-state index contributed by atoms with van der Waals surface area (Å²) in [6.07, 6.45) is -4.42. The highest BCUT2D eigenvalue weighted by Crippen LogP contribution is 2.23. The zero-order valence-corrected chi connectivity index (χ0v) is 17.3. The van der Waals surface area contributed by atoms with Crippen LogP contribution in [0.2, 0.25) is 0 Å². The Hall–Kier alpha value is -3.26. The molecule has 1 unspecified atom stereocenters. The van der Waals surface area contributed by atoms with Gasteiger partial charge in [0.05, 0.1) is 12.2 Å². The van der Waals surface area contributed by atoms with Crippen LogP contribution < -0.4 is 21.6 Å². The lowest BCUT2D eigenvalue weighted by atomic mass is 10.2. The molecular weight excluding hydrogens is 456 g/mol. The zero-order valence-electron chi connectivity index (χ0n) is 16.5. The van der Waals surface area contributed by atoms with E-state index in [1.54, 1.807) is 0 Å². The Morgan fingerprint density at radius 1 is 1.34 bits per heavy atom. The van der Waals surface area contributed by atoms with Gasteiger partial charge in [-0.15, -0.1) is 23.4 Å². The molecule has 0 aliphatic heterocycles. The average Bonchev–Trinajstić information content (AvgIpc) is 3.18. The normalized spacial score (nSPS) is 12.8. The molecule has 5 N–H and O–H groups in total. The minimum absolute atomic E-state index is 0.0280. The standard InChI is InChI=1S/C18H20F4N6O3S/c19-12(8-28(24)9-13(23)10-29)4-5-15-26-27-17(32-15)16(30)25-7-11-2-1-3-14(6-11)31-18(20,21)22/h1-3,6,9-10,12H,4-5,7-8,23-24H2,(H,25,30)/b13-9-. The van der Waals surface area contributed by atoms with E-state index >= 15 is 0 Å². The summed E-state index contributed by atoms with van der Waals surface area (Å²) in [6.45, 7) is -0.253. The number of nitrogens with zero attached hydrogens (tertiary/aromatic N) is 3. The molecule has 1 atom stereocenters. The van der Waals surface area contributed by atoms with Crippen molar-refractivity contribution in [3.8, 4) is 5.75 Å². The van der Waals surface area contributed by atoms with Gasteiger partial charge in [0.1, 0.15) is 16.9 Å². The Morgan fingerprint density at radius 2 is 2.09 bits per heavy atom. The summed E-state index contributed by atoms with van der Waals surface area (Å²) in [5.74, 6) is 4.55. The molecule has 14 heteroatoms. The predicted molar refractivity (Wildman–Crippen MR) is 107 cm³/mol. The third-order valence-electron chi connectivity index (χ3n) is 3.78. The van der Waals surface area contributed by atoms with Crippen molar-refractivity contribution in [2.45, 2.75) is 31.9 Å². The first-order valence-electron chi connectivity index (χ1n) is 9.09. The van der Waals surface area contributed by atoms with Crippen LogP contribution in [0.4, 0.5) is 17.6 Å². The van der Waals surface area contributed by atoms with E-state index in [1.807, 2.05) is 0 Å². The van der Waals surface area contributed by atoms with E-state index in [4.69, 9.17) is 11.6 Å². The van der Waals surface area contributed by atoms with Gasteiger partial charge in [-0.2, -0.15) is 0 Å². The van der Waals surface area contributed by atoms with Gasteiger partial charge in [-0.25, -0.2) is 10.2 Å². The summed E-state index contributed by atoms with van der Waals surface area (Å²) in [6, 6.07) is 5.18. The van der Waals surface area contributed by atoms with E-state index in [0.717, 1.165) is 34.7 Å². The van der Waals surface area contributed by atoms with Crippen LogP contribution >= 0.6 is 11.3 Å². The lowest BCUT2D eigenvalue weighted by Crippen LogP contribution is -2.33. The zero-order chi connectivity index (χ0) is 23.7. The topological polar surface area (TPSA) is 136 Å². The number of aryl methyl sites for hydroxylation is 1. The van der Waals surface area contributed by atoms with Gasteiger partial charge in [0.2, 0.25) is 5.01 Å². The molecule has 32 heavy (non-hydrogen) atoms. The van der Waals surface area contributed by atoms with Crippen molar-refractivity contribution < 1.29 is 31.9 Å². The number of allylic oxidation sites excluding steroid dienone is 1. The van der Waals surface area contributed by atoms with Crippen LogP contribution in [0.15, 0.2) is 36.2 Å². The summed E-state index contributed by atoms with van der Waals surface area (Å²) >= 11 is 0.965. The highest BCUT2D eigenvalue weighted by atomic mass is 32.1. The second-order valence-electron chi connectivity index (χ2n) is 6.46. The Kier molecular flexibility index (Phi) is 8.90. The number of carbonyl (C=O) groups excluding carboxylic acids is 2. The number of nitrogens with one attached hydrogen (secondary N) is 1. The first-order valence-corrected chi connectivity index (χ1v) is 9.90. The molecule has 174 valence electrons. The fourth-order valence-electron chi connectivity index (χ4n) is 2.43. The molecule has 0 bridgehead atoms. The molecule has 2 aromatic rings. The molecule has 0 saturated carbocycles. The Morgan fingerprint density at radius 3 is 2.78 bits per heavy atom. The number of halogens is 4. The fraction of sp³-hybridized carbons (Fsp3) is 0.333. The monoisotopic (exact) mass is 476 g/mol. The molecule has 0 spiro atoms. The van der Waals surface area contributed by atoms with Gasteiger partial charge in [-0.05, 0) is 24.1 Å². The summed E-state index contributed by atoms with van der Waals surface area (Å²) in [7, 11) is 0. The van der Waals surface area contributed by atoms with Crippen molar-refractivity contribution in [3.05, 3.63) is 51.7 Å². The largest absolute Gasteiger partial charge is 0.573 e. The molecule has 0 fully saturated rings. The van der Waals surface area contributed by atoms with Crippen LogP contribution in [-0.2, 0) is 17.8 Å². The highest BCUT2D eigenvalue weighted by Gasteiger charge is 2.31. The number of hydrazine groups is 1. The van der Waals surface area contributed by atoms with Gasteiger partial charge >= 0.3 is 6.36 Å². The van der Waals surface area contributed by atoms with Crippen molar-refractivity contribution in [3.63, 3.8) is 0 Å². The Balaban J connectivity index is 1.82. The van der Waals surface area contributed by atoms with Crippen molar-refractivity contribution in [2.24, 2.45) is 11.6 Å². The minimum atomic E-state index is -4.81. The van der Waals surface area contributed by atoms with Crippen molar-refractivity contribution in [1.82, 2.24) is 20.5 Å². The van der Waals surface area contributed by atoms with E-state index in [2.05, 4.69) is 20.3 Å². The fourth-order valence-corrected chi connectivity index (χ4v) is 3.20. The first-order chi connectivity index (χ1) is 15.1. The van der Waals surface area contributed by atoms with E-state index in [1.165, 1.54) is 12.1 Å². The third-order valence-corrected chi connectivity index (χ3v) is 4.76. The van der Waals surface area contributed by atoms with Crippen molar-refractivity contribution in [1.29, 1.82) is 0 Å². The van der Waals surface area contributed by atoms with Crippen LogP contribution in [0.3, 0.4) is 0 Å². The second-order valence-corrected chi connectivity index (χ2v) is 7.52. The number of aldehydes is 1. The Bertz CT molecular complexity index is 953. The summed E-state index contributed by atoms with van der Waals surface area (Å²) in [5.41, 5.74) is 5.53. The van der Waals surface area contributed by atoms with E-state index in [9.17, 15) is 27.2 Å². The van der Waals surface area contributed by atoms with E-state index in [0.29, 0.717) is 16.9 Å². The Labute approximate surface area is 184 Å². The van der Waals surface area contributed by atoms with E-state index < -0.39 is 24.2 Å². The number of nitrogens with two attached hydrogens (primary N) is 2. The number of hydrogen-bond donors (Lipinski definition) is 3. The molecule has 1 amide bonds. The molecule has 1 aromatic carbocycles. The maximum atomic E-state index is 14.0. The summed E-state index contributed by atoms with van der Waals surface area (Å²) in [4.78, 5) is 22.6. The number of amides is 1. The molecule has 9 nitrogen and oxygen atoms in total. The molecule has 0 aliphatic carbocycles. The van der Waals surface area contributed by atoms with Crippen LogP contribution in [-0.4, -0.2) is 46.5 Å². The summed E-state index contributed by atoms with van der Waals surface area (Å²) < 4.78 is 54.7. The number of alkyl halides is 4. The van der Waals surface area contributed by atoms with E-state index in [-0.39, 0.29) is 36.6 Å². The smallest absolute Gasteiger partial charge is 0.406 e. The maximum Gasteiger partial charge on any atom is 0.573 e. The summed E-state index contributed by atoms with van der Waals surface area (Å²) in [5, 5.41) is 11.5. The van der Waals surface area contributed by atoms with Gasteiger partial charge in [0.25, 0.3) is 5.91 Å². The highest BCUT2D eigenvalue weighted by molar-refractivity contribution is 7.13. The van der Waals surface area contributed by atoms with Crippen LogP contribution in [0, 0.1) is 0 Å². The van der Waals surface area contributed by atoms with Crippen LogP contribution in [0.5, 0.6) is 5.75 Å². The molecule has 0 saturated heterocycles. The van der Waals surface area contributed by atoms with Gasteiger partial charge in [0.15, 0.2) is 6.29 Å². The molecule has 0 radical (unpaired) electrons. The average molecular weight is 476 g/mol. The second kappa shape index (κ2) is 11.4. The SMILES string of the molecule is N/C(C=O)=C\N(N)CC(F)CCc1nnc(C(=O)NCc2cccc(OC(F)(F)F)c2)s1. The van der Waals surface area contributed by atoms with Crippen LogP contribution in [0.1, 0.15) is 26.8 Å². The third kappa shape index (κ3) is 8.85. The molecule has 0 aliphatic rings. The quantitative estimate of drug-likeness (QED) is 0.147. The number of ether oxygens (including phenoxy) is 1. The predicted octanol–water partition coefficient (Wildman–Crippen LogP) is 1.81. The number of benzene rings is 1. The lowest BCUT2D eigenvalue weighted by Gasteiger charge is -2.16. The number of rotatable bonds is 11. The molecule has 1 aromatic heterocycles. The van der Waals surface area contributed by atoms with Crippen LogP contribution in [0.25, 0.3) is 0 Å². The van der Waals surface area contributed by atoms with Crippen molar-refractivity contribution in [2.75, 3.05) is 6.54 Å². The van der Waals surface area contributed by atoms with Gasteiger partial charge in [0, 0.05) is 19.2 Å². The van der Waals surface area contributed by atoms with Crippen molar-refractivity contribution >= 4 is 23.5 Å². The minimum Gasteiger partial charge on any atom is -0.406 e. The van der Waals surface area contributed by atoms with Gasteiger partial charge in [-0.3, -0.25) is 9.59 Å². The maximum absolute atomic E-state index is 14.0. The number of hydrogen-bond acceptors (Lipinski definition) is 9. The van der Waals surface area contributed by atoms with Gasteiger partial charge < -0.3 is 20.8 Å². The number of aromatic nitrogens is 2. The first kappa shape index (κ1) is 25.0. The number of carbonyl (C=O) groups is 2.